The van der Waals surface area contributed by atoms with Crippen LogP contribution in [-0.4, -0.2) is 16.8 Å². The summed E-state index contributed by atoms with van der Waals surface area (Å²) in [4.78, 5) is 13.0. The van der Waals surface area contributed by atoms with Gasteiger partial charge in [-0.15, -0.1) is 11.8 Å². The van der Waals surface area contributed by atoms with Crippen LogP contribution in [0.1, 0.15) is 23.3 Å². The van der Waals surface area contributed by atoms with E-state index in [1.165, 1.54) is 16.0 Å². The number of carbonyl (C=O) groups excluding carboxylic acids is 1. The average Bonchev–Trinajstić information content (AvgIpc) is 2.77. The Hall–Kier alpha value is -1.75. The van der Waals surface area contributed by atoms with Gasteiger partial charge in [0.05, 0.1) is 0 Å². The van der Waals surface area contributed by atoms with Crippen LogP contribution in [-0.2, 0) is 4.79 Å². The molecule has 5 heteroatoms. The molecular weight excluding hydrogens is 272 g/mol. The van der Waals surface area contributed by atoms with Crippen molar-refractivity contribution in [1.29, 1.82) is 0 Å². The Morgan fingerprint density at radius 1 is 1.30 bits per heavy atom. The molecule has 1 amide bonds. The molecule has 0 fully saturated rings. The predicted octanol–water partition coefficient (Wildman–Crippen LogP) is 3.72. The fraction of sp³-hybridized carbons (Fsp3) is 0.333. The minimum absolute atomic E-state index is 0.0458. The van der Waals surface area contributed by atoms with Gasteiger partial charge < -0.3 is 9.84 Å². The van der Waals surface area contributed by atoms with Gasteiger partial charge >= 0.3 is 0 Å². The van der Waals surface area contributed by atoms with Crippen molar-refractivity contribution in [3.63, 3.8) is 0 Å². The molecular formula is C15H18N2O2S. The van der Waals surface area contributed by atoms with Crippen molar-refractivity contribution in [3.05, 3.63) is 41.2 Å². The summed E-state index contributed by atoms with van der Waals surface area (Å²) in [6, 6.07) is 8.05. The molecule has 20 heavy (non-hydrogen) atoms. The zero-order valence-corrected chi connectivity index (χ0v) is 12.7. The molecule has 0 unspecified atom stereocenters. The maximum Gasteiger partial charge on any atom is 0.226 e. The zero-order chi connectivity index (χ0) is 14.5. The number of hydrogen-bond donors (Lipinski definition) is 1. The SMILES string of the molecule is Cc1ccc(SCCC(=O)Nc2cc(C)on2)c(C)c1. The zero-order valence-electron chi connectivity index (χ0n) is 11.9. The Bertz CT molecular complexity index is 608. The number of nitrogens with zero attached hydrogens (tertiary/aromatic N) is 1. The fourth-order valence-electron chi connectivity index (χ4n) is 1.85. The Kier molecular flexibility index (Phi) is 4.84. The van der Waals surface area contributed by atoms with Crippen LogP contribution in [0.3, 0.4) is 0 Å². The van der Waals surface area contributed by atoms with Crippen molar-refractivity contribution < 1.29 is 9.32 Å². The quantitative estimate of drug-likeness (QED) is 0.853. The number of hydrogen-bond acceptors (Lipinski definition) is 4. The Labute approximate surface area is 122 Å². The smallest absolute Gasteiger partial charge is 0.226 e. The molecule has 1 N–H and O–H groups in total. The van der Waals surface area contributed by atoms with Gasteiger partial charge in [0.25, 0.3) is 0 Å². The predicted molar refractivity (Wildman–Crippen MR) is 81.1 cm³/mol. The van der Waals surface area contributed by atoms with Crippen LogP contribution in [0, 0.1) is 20.8 Å². The van der Waals surface area contributed by atoms with Gasteiger partial charge in [0, 0.05) is 23.1 Å². The first-order valence-corrected chi connectivity index (χ1v) is 7.46. The van der Waals surface area contributed by atoms with E-state index in [1.54, 1.807) is 24.8 Å². The Morgan fingerprint density at radius 3 is 2.75 bits per heavy atom. The van der Waals surface area contributed by atoms with E-state index in [2.05, 4.69) is 42.5 Å². The first kappa shape index (κ1) is 14.7. The van der Waals surface area contributed by atoms with Crippen LogP contribution in [0.5, 0.6) is 0 Å². The van der Waals surface area contributed by atoms with E-state index in [0.717, 1.165) is 5.75 Å². The van der Waals surface area contributed by atoms with Gasteiger partial charge in [-0.25, -0.2) is 0 Å². The van der Waals surface area contributed by atoms with Crippen LogP contribution in [0.4, 0.5) is 5.82 Å². The lowest BCUT2D eigenvalue weighted by Crippen LogP contribution is -2.12. The molecule has 0 bridgehead atoms. The van der Waals surface area contributed by atoms with Crippen LogP contribution in [0.2, 0.25) is 0 Å². The molecule has 1 aromatic carbocycles. The second-order valence-electron chi connectivity index (χ2n) is 4.74. The molecule has 4 nitrogen and oxygen atoms in total. The molecule has 0 aliphatic rings. The second-order valence-corrected chi connectivity index (χ2v) is 5.88. The number of amides is 1. The lowest BCUT2D eigenvalue weighted by atomic mass is 10.2. The molecule has 1 aromatic heterocycles. The number of aromatic nitrogens is 1. The van der Waals surface area contributed by atoms with Gasteiger partial charge in [0.2, 0.25) is 5.91 Å². The third kappa shape index (κ3) is 4.13. The minimum atomic E-state index is -0.0458. The Morgan fingerprint density at radius 2 is 2.10 bits per heavy atom. The summed E-state index contributed by atoms with van der Waals surface area (Å²) in [5.41, 5.74) is 2.51. The third-order valence-electron chi connectivity index (χ3n) is 2.81. The summed E-state index contributed by atoms with van der Waals surface area (Å²) in [7, 11) is 0. The normalized spacial score (nSPS) is 10.6. The molecule has 0 saturated heterocycles. The standard InChI is InChI=1S/C15H18N2O2S/c1-10-4-5-13(11(2)8-10)20-7-6-15(18)16-14-9-12(3)19-17-14/h4-5,8-9H,6-7H2,1-3H3,(H,16,17,18). The van der Waals surface area contributed by atoms with Gasteiger partial charge in [-0.1, -0.05) is 22.9 Å². The molecule has 1 heterocycles. The van der Waals surface area contributed by atoms with Crippen LogP contribution in [0.15, 0.2) is 33.7 Å². The van der Waals surface area contributed by atoms with Gasteiger partial charge in [-0.05, 0) is 32.4 Å². The highest BCUT2D eigenvalue weighted by Crippen LogP contribution is 2.23. The molecule has 0 aliphatic carbocycles. The number of carbonyl (C=O) groups is 1. The van der Waals surface area contributed by atoms with Crippen molar-refractivity contribution >= 4 is 23.5 Å². The maximum atomic E-state index is 11.7. The minimum Gasteiger partial charge on any atom is -0.360 e. The topological polar surface area (TPSA) is 55.1 Å². The van der Waals surface area contributed by atoms with Crippen LogP contribution in [0.25, 0.3) is 0 Å². The van der Waals surface area contributed by atoms with Crippen molar-refractivity contribution in [2.75, 3.05) is 11.1 Å². The van der Waals surface area contributed by atoms with Crippen LogP contribution >= 0.6 is 11.8 Å². The molecule has 0 atom stereocenters. The van der Waals surface area contributed by atoms with Crippen molar-refractivity contribution in [1.82, 2.24) is 5.16 Å². The van der Waals surface area contributed by atoms with Gasteiger partial charge in [-0.3, -0.25) is 4.79 Å². The van der Waals surface area contributed by atoms with Crippen LogP contribution < -0.4 is 5.32 Å². The molecule has 106 valence electrons. The number of benzene rings is 1. The third-order valence-corrected chi connectivity index (χ3v) is 3.99. The highest BCUT2D eigenvalue weighted by molar-refractivity contribution is 7.99. The van der Waals surface area contributed by atoms with E-state index < -0.39 is 0 Å². The monoisotopic (exact) mass is 290 g/mol. The van der Waals surface area contributed by atoms with Gasteiger partial charge in [0.1, 0.15) is 5.76 Å². The summed E-state index contributed by atoms with van der Waals surface area (Å²) in [5.74, 6) is 1.86. The van der Waals surface area contributed by atoms with E-state index in [0.29, 0.717) is 18.0 Å². The Balaban J connectivity index is 1.79. The fourth-order valence-corrected chi connectivity index (χ4v) is 2.80. The summed E-state index contributed by atoms with van der Waals surface area (Å²) in [6.07, 6.45) is 0.448. The summed E-state index contributed by atoms with van der Waals surface area (Å²) in [6.45, 7) is 5.96. The summed E-state index contributed by atoms with van der Waals surface area (Å²) >= 11 is 1.70. The molecule has 2 rings (SSSR count). The van der Waals surface area contributed by atoms with Crippen molar-refractivity contribution in [2.45, 2.75) is 32.1 Å². The van der Waals surface area contributed by atoms with Crippen molar-refractivity contribution in [2.24, 2.45) is 0 Å². The maximum absolute atomic E-state index is 11.7. The highest BCUT2D eigenvalue weighted by atomic mass is 32.2. The van der Waals surface area contributed by atoms with Gasteiger partial charge in [-0.2, -0.15) is 0 Å². The number of thioether (sulfide) groups is 1. The second kappa shape index (κ2) is 6.61. The molecule has 0 radical (unpaired) electrons. The molecule has 0 spiro atoms. The first-order chi connectivity index (χ1) is 9.54. The summed E-state index contributed by atoms with van der Waals surface area (Å²) in [5, 5.41) is 6.45. The molecule has 0 aliphatic heterocycles. The van der Waals surface area contributed by atoms with Gasteiger partial charge in [0.15, 0.2) is 5.82 Å². The number of rotatable bonds is 5. The number of aryl methyl sites for hydroxylation is 3. The lowest BCUT2D eigenvalue weighted by Gasteiger charge is -2.06. The molecule has 0 saturated carbocycles. The lowest BCUT2D eigenvalue weighted by molar-refractivity contribution is -0.115. The van der Waals surface area contributed by atoms with E-state index in [4.69, 9.17) is 4.52 Å². The van der Waals surface area contributed by atoms with Crippen molar-refractivity contribution in [3.8, 4) is 0 Å². The van der Waals surface area contributed by atoms with E-state index >= 15 is 0 Å². The summed E-state index contributed by atoms with van der Waals surface area (Å²) < 4.78 is 4.90. The van der Waals surface area contributed by atoms with E-state index in [9.17, 15) is 4.79 Å². The van der Waals surface area contributed by atoms with E-state index in [-0.39, 0.29) is 5.91 Å². The number of nitrogens with one attached hydrogen (secondary N) is 1. The largest absolute Gasteiger partial charge is 0.360 e. The van der Waals surface area contributed by atoms with E-state index in [1.807, 2.05) is 0 Å². The first-order valence-electron chi connectivity index (χ1n) is 6.48. The highest BCUT2D eigenvalue weighted by Gasteiger charge is 2.07. The number of anilines is 1. The average molecular weight is 290 g/mol. The molecule has 2 aromatic rings.